The Bertz CT molecular complexity index is 102. The molecule has 0 atom stereocenters. The lowest BCUT2D eigenvalue weighted by Gasteiger charge is -1.93. The Balaban J connectivity index is 0. The Kier molecular flexibility index (Phi) is 16.0. The van der Waals surface area contributed by atoms with Crippen LogP contribution in [0.4, 0.5) is 0 Å². The quantitative estimate of drug-likeness (QED) is 0.648. The van der Waals surface area contributed by atoms with Gasteiger partial charge in [-0.25, -0.2) is 0 Å². The van der Waals surface area contributed by atoms with Gasteiger partial charge in [-0.2, -0.15) is 0 Å². The van der Waals surface area contributed by atoms with E-state index >= 15 is 0 Å². The predicted molar refractivity (Wildman–Crippen MR) is 50.9 cm³/mol. The van der Waals surface area contributed by atoms with Crippen LogP contribution in [0.5, 0.6) is 0 Å². The van der Waals surface area contributed by atoms with Crippen molar-refractivity contribution in [3.05, 3.63) is 0 Å². The second-order valence-corrected chi connectivity index (χ2v) is 2.12. The van der Waals surface area contributed by atoms with Crippen molar-refractivity contribution in [3.8, 4) is 0 Å². The molecule has 0 aliphatic heterocycles. The van der Waals surface area contributed by atoms with Crippen LogP contribution < -0.4 is 0 Å². The highest BCUT2D eigenvalue weighted by Gasteiger charge is 1.92. The van der Waals surface area contributed by atoms with Crippen LogP contribution in [-0.4, -0.2) is 37.5 Å². The fourth-order valence-corrected chi connectivity index (χ4v) is 0.508. The maximum absolute atomic E-state index is 9.79. The molecule has 4 nitrogen and oxygen atoms in total. The number of rotatable bonds is 6. The van der Waals surface area contributed by atoms with Gasteiger partial charge in [0.15, 0.2) is 0 Å². The van der Waals surface area contributed by atoms with Crippen molar-refractivity contribution in [1.82, 2.24) is 0 Å². The molecule has 0 fully saturated rings. The molecule has 0 bridgehead atoms. The van der Waals surface area contributed by atoms with Gasteiger partial charge in [-0.3, -0.25) is 4.79 Å². The SMILES string of the molecule is CCOCC.CCOCCC(=O)O. The zero-order chi connectivity index (χ0) is 10.5. The number of carbonyl (C=O) groups is 1. The summed E-state index contributed by atoms with van der Waals surface area (Å²) in [6.07, 6.45) is 0.105. The lowest BCUT2D eigenvalue weighted by Crippen LogP contribution is -2.01. The third-order valence-electron chi connectivity index (χ3n) is 1.07. The Morgan fingerprint density at radius 1 is 1.08 bits per heavy atom. The molecule has 0 radical (unpaired) electrons. The molecule has 0 aliphatic carbocycles. The van der Waals surface area contributed by atoms with Gasteiger partial charge in [0.05, 0.1) is 13.0 Å². The highest BCUT2D eigenvalue weighted by molar-refractivity contribution is 5.66. The van der Waals surface area contributed by atoms with Crippen LogP contribution in [-0.2, 0) is 14.3 Å². The number of ether oxygens (including phenoxy) is 2. The number of carboxylic acids is 1. The summed E-state index contributed by atoms with van der Waals surface area (Å²) in [4.78, 5) is 9.79. The van der Waals surface area contributed by atoms with E-state index in [1.807, 2.05) is 20.8 Å². The largest absolute Gasteiger partial charge is 0.481 e. The minimum Gasteiger partial charge on any atom is -0.481 e. The molecule has 0 heterocycles. The molecule has 0 aromatic heterocycles. The van der Waals surface area contributed by atoms with Crippen LogP contribution in [0.25, 0.3) is 0 Å². The van der Waals surface area contributed by atoms with E-state index in [9.17, 15) is 4.79 Å². The topological polar surface area (TPSA) is 55.8 Å². The van der Waals surface area contributed by atoms with E-state index in [1.165, 1.54) is 0 Å². The first kappa shape index (κ1) is 14.9. The monoisotopic (exact) mass is 192 g/mol. The zero-order valence-corrected chi connectivity index (χ0v) is 8.71. The first-order valence-corrected chi connectivity index (χ1v) is 4.56. The molecule has 0 aromatic rings. The molecular formula is C9H20O4. The van der Waals surface area contributed by atoms with Crippen LogP contribution in [0.15, 0.2) is 0 Å². The van der Waals surface area contributed by atoms with E-state index in [-0.39, 0.29) is 6.42 Å². The molecule has 1 N–H and O–H groups in total. The van der Waals surface area contributed by atoms with Crippen LogP contribution in [0.2, 0.25) is 0 Å². The number of aliphatic carboxylic acids is 1. The number of carboxylic acid groups (broad SMARTS) is 1. The van der Waals surface area contributed by atoms with Crippen LogP contribution in [0, 0.1) is 0 Å². The summed E-state index contributed by atoms with van der Waals surface area (Å²) in [6, 6.07) is 0. The fourth-order valence-electron chi connectivity index (χ4n) is 0.508. The van der Waals surface area contributed by atoms with Crippen molar-refractivity contribution in [1.29, 1.82) is 0 Å². The molecule has 0 rings (SSSR count). The summed E-state index contributed by atoms with van der Waals surface area (Å²) in [5.41, 5.74) is 0. The maximum Gasteiger partial charge on any atom is 0.305 e. The van der Waals surface area contributed by atoms with Gasteiger partial charge in [-0.05, 0) is 20.8 Å². The average Bonchev–Trinajstić information content (AvgIpc) is 2.07. The highest BCUT2D eigenvalue weighted by atomic mass is 16.5. The smallest absolute Gasteiger partial charge is 0.305 e. The minimum absolute atomic E-state index is 0.105. The lowest BCUT2D eigenvalue weighted by molar-refractivity contribution is -0.138. The molecule has 0 saturated heterocycles. The molecule has 0 aromatic carbocycles. The van der Waals surface area contributed by atoms with E-state index in [1.54, 1.807) is 0 Å². The second kappa shape index (κ2) is 13.9. The van der Waals surface area contributed by atoms with E-state index < -0.39 is 5.97 Å². The van der Waals surface area contributed by atoms with Gasteiger partial charge in [0, 0.05) is 19.8 Å². The predicted octanol–water partition coefficient (Wildman–Crippen LogP) is 1.54. The summed E-state index contributed by atoms with van der Waals surface area (Å²) in [5.74, 6) is -0.807. The minimum atomic E-state index is -0.807. The molecule has 0 aliphatic rings. The highest BCUT2D eigenvalue weighted by Crippen LogP contribution is 1.80. The summed E-state index contributed by atoms with van der Waals surface area (Å²) < 4.78 is 9.60. The van der Waals surface area contributed by atoms with Gasteiger partial charge in [0.1, 0.15) is 0 Å². The molecule has 0 unspecified atom stereocenters. The average molecular weight is 192 g/mol. The third-order valence-corrected chi connectivity index (χ3v) is 1.07. The van der Waals surface area contributed by atoms with E-state index in [0.29, 0.717) is 13.2 Å². The Hall–Kier alpha value is -0.610. The summed E-state index contributed by atoms with van der Waals surface area (Å²) >= 11 is 0. The van der Waals surface area contributed by atoms with Crippen LogP contribution in [0.3, 0.4) is 0 Å². The molecule has 0 saturated carbocycles. The molecular weight excluding hydrogens is 172 g/mol. The van der Waals surface area contributed by atoms with Gasteiger partial charge in [0.25, 0.3) is 0 Å². The number of hydrogen-bond donors (Lipinski definition) is 1. The number of hydrogen-bond acceptors (Lipinski definition) is 3. The molecule has 13 heavy (non-hydrogen) atoms. The van der Waals surface area contributed by atoms with Crippen molar-refractivity contribution >= 4 is 5.97 Å². The standard InChI is InChI=1S/C5H10O3.C4H10O/c1-2-8-4-3-5(6)7;1-3-5-4-2/h2-4H2,1H3,(H,6,7);3-4H2,1-2H3. The summed E-state index contributed by atoms with van der Waals surface area (Å²) in [5, 5.41) is 8.06. The normalized spacial score (nSPS) is 8.85. The van der Waals surface area contributed by atoms with Gasteiger partial charge in [-0.1, -0.05) is 0 Å². The molecule has 4 heteroatoms. The molecule has 0 amide bonds. The van der Waals surface area contributed by atoms with Crippen molar-refractivity contribution in [2.45, 2.75) is 27.2 Å². The second-order valence-electron chi connectivity index (χ2n) is 2.12. The van der Waals surface area contributed by atoms with Crippen molar-refractivity contribution in [3.63, 3.8) is 0 Å². The lowest BCUT2D eigenvalue weighted by atomic mass is 10.5. The summed E-state index contributed by atoms with van der Waals surface area (Å²) in [7, 11) is 0. The van der Waals surface area contributed by atoms with Gasteiger partial charge >= 0.3 is 5.97 Å². The first-order valence-electron chi connectivity index (χ1n) is 4.56. The van der Waals surface area contributed by atoms with Crippen molar-refractivity contribution < 1.29 is 19.4 Å². The van der Waals surface area contributed by atoms with E-state index in [2.05, 4.69) is 0 Å². The van der Waals surface area contributed by atoms with E-state index in [4.69, 9.17) is 14.6 Å². The fraction of sp³-hybridized carbons (Fsp3) is 0.889. The first-order chi connectivity index (χ1) is 6.18. The maximum atomic E-state index is 9.79. The summed E-state index contributed by atoms with van der Waals surface area (Å²) in [6.45, 7) is 8.42. The van der Waals surface area contributed by atoms with Gasteiger partial charge in [0.2, 0.25) is 0 Å². The van der Waals surface area contributed by atoms with Crippen molar-refractivity contribution in [2.75, 3.05) is 26.4 Å². The van der Waals surface area contributed by atoms with E-state index in [0.717, 1.165) is 13.2 Å². The third kappa shape index (κ3) is 24.6. The van der Waals surface area contributed by atoms with Gasteiger partial charge in [-0.15, -0.1) is 0 Å². The molecule has 0 spiro atoms. The Morgan fingerprint density at radius 2 is 1.54 bits per heavy atom. The van der Waals surface area contributed by atoms with Gasteiger partial charge < -0.3 is 14.6 Å². The van der Waals surface area contributed by atoms with Crippen LogP contribution >= 0.6 is 0 Å². The Morgan fingerprint density at radius 3 is 1.77 bits per heavy atom. The van der Waals surface area contributed by atoms with Crippen LogP contribution in [0.1, 0.15) is 27.2 Å². The Labute approximate surface area is 79.8 Å². The molecule has 80 valence electrons. The zero-order valence-electron chi connectivity index (χ0n) is 8.71. The van der Waals surface area contributed by atoms with Crippen molar-refractivity contribution in [2.24, 2.45) is 0 Å².